The molecule has 1 aromatic carbocycles. The zero-order valence-electron chi connectivity index (χ0n) is 12.6. The number of hydrogen-bond acceptors (Lipinski definition) is 4. The van der Waals surface area contributed by atoms with Crippen molar-refractivity contribution in [1.29, 1.82) is 0 Å². The van der Waals surface area contributed by atoms with Crippen molar-refractivity contribution in [2.75, 3.05) is 12.4 Å². The molecule has 3 rings (SSSR count). The third kappa shape index (κ3) is 3.40. The molecular weight excluding hydrogens is 320 g/mol. The van der Waals surface area contributed by atoms with Gasteiger partial charge in [0.2, 0.25) is 0 Å². The average molecular weight is 333 g/mol. The summed E-state index contributed by atoms with van der Waals surface area (Å²) in [7, 11) is 1.37. The minimum absolute atomic E-state index is 0.0269. The van der Waals surface area contributed by atoms with Crippen molar-refractivity contribution in [3.05, 3.63) is 53.7 Å². The number of anilines is 1. The predicted molar refractivity (Wildman–Crippen MR) is 81.8 cm³/mol. The molecule has 0 saturated heterocycles. The molecule has 0 unspecified atom stereocenters. The third-order valence-corrected chi connectivity index (χ3v) is 3.19. The molecule has 0 aliphatic carbocycles. The molecule has 0 fully saturated rings. The average Bonchev–Trinajstić information content (AvgIpc) is 2.94. The second-order valence-electron chi connectivity index (χ2n) is 4.86. The molecule has 9 heteroatoms. The molecule has 2 N–H and O–H groups in total. The van der Waals surface area contributed by atoms with Gasteiger partial charge in [0.05, 0.1) is 13.3 Å². The zero-order chi connectivity index (χ0) is 17.1. The maximum Gasteiger partial charge on any atom is 0.321 e. The van der Waals surface area contributed by atoms with Crippen LogP contribution in [0.5, 0.6) is 5.75 Å². The molecule has 2 heterocycles. The molecule has 2 aromatic heterocycles. The number of fused-ring (bicyclic) bond motifs is 1. The van der Waals surface area contributed by atoms with Crippen molar-refractivity contribution < 1.29 is 18.3 Å². The number of aromatic nitrogens is 3. The van der Waals surface area contributed by atoms with Gasteiger partial charge in [-0.2, -0.15) is 4.98 Å². The number of urea groups is 1. The van der Waals surface area contributed by atoms with E-state index in [1.807, 2.05) is 0 Å². The number of amides is 2. The summed E-state index contributed by atoms with van der Waals surface area (Å²) in [5.74, 6) is -0.825. The van der Waals surface area contributed by atoms with Gasteiger partial charge >= 0.3 is 6.03 Å². The first-order chi connectivity index (χ1) is 11.5. The molecule has 3 aromatic rings. The smallest absolute Gasteiger partial charge is 0.321 e. The van der Waals surface area contributed by atoms with Crippen molar-refractivity contribution in [2.24, 2.45) is 0 Å². The Morgan fingerprint density at radius 3 is 2.88 bits per heavy atom. The number of hydrogen-bond donors (Lipinski definition) is 2. The predicted octanol–water partition coefficient (Wildman–Crippen LogP) is 2.34. The number of carbonyl (C=O) groups excluding carboxylic acids is 1. The van der Waals surface area contributed by atoms with Gasteiger partial charge in [-0.05, 0) is 29.8 Å². The Hall–Kier alpha value is -3.23. The minimum atomic E-state index is -0.567. The number of carbonyl (C=O) groups is 1. The fraction of sp³-hybridized carbons (Fsp3) is 0.133. The van der Waals surface area contributed by atoms with Crippen LogP contribution in [0.1, 0.15) is 5.56 Å². The van der Waals surface area contributed by atoms with Gasteiger partial charge in [0.15, 0.2) is 17.2 Å². The van der Waals surface area contributed by atoms with E-state index in [-0.39, 0.29) is 18.2 Å². The van der Waals surface area contributed by atoms with Gasteiger partial charge in [-0.1, -0.05) is 6.07 Å². The normalized spacial score (nSPS) is 10.6. The summed E-state index contributed by atoms with van der Waals surface area (Å²) in [6.07, 6.45) is 1.14. The zero-order valence-corrected chi connectivity index (χ0v) is 12.6. The number of nitrogens with zero attached hydrogens (tertiary/aromatic N) is 3. The van der Waals surface area contributed by atoms with Crippen LogP contribution in [-0.4, -0.2) is 27.7 Å². The van der Waals surface area contributed by atoms with E-state index in [1.165, 1.54) is 35.9 Å². The van der Waals surface area contributed by atoms with E-state index in [9.17, 15) is 13.6 Å². The topological polar surface area (TPSA) is 80.5 Å². The van der Waals surface area contributed by atoms with Gasteiger partial charge in [0.25, 0.3) is 5.95 Å². The quantitative estimate of drug-likeness (QED) is 0.768. The van der Waals surface area contributed by atoms with Gasteiger partial charge in [-0.15, -0.1) is 5.10 Å². The Bertz CT molecular complexity index is 897. The third-order valence-electron chi connectivity index (χ3n) is 3.19. The highest BCUT2D eigenvalue weighted by Crippen LogP contribution is 2.17. The molecule has 0 radical (unpaired) electrons. The first-order valence-corrected chi connectivity index (χ1v) is 6.94. The molecule has 0 saturated carbocycles. The van der Waals surface area contributed by atoms with E-state index in [0.29, 0.717) is 11.2 Å². The summed E-state index contributed by atoms with van der Waals surface area (Å²) >= 11 is 0. The monoisotopic (exact) mass is 333 g/mol. The van der Waals surface area contributed by atoms with Crippen molar-refractivity contribution in [3.8, 4) is 5.75 Å². The van der Waals surface area contributed by atoms with Crippen LogP contribution in [0.4, 0.5) is 19.5 Å². The Morgan fingerprint density at radius 2 is 2.12 bits per heavy atom. The molecule has 24 heavy (non-hydrogen) atoms. The Labute approximate surface area is 135 Å². The van der Waals surface area contributed by atoms with Crippen LogP contribution in [0, 0.1) is 11.6 Å². The number of nitrogens with one attached hydrogen (secondary N) is 2. The summed E-state index contributed by atoms with van der Waals surface area (Å²) in [6, 6.07) is 6.49. The number of ether oxygens (including phenoxy) is 1. The largest absolute Gasteiger partial charge is 0.494 e. The van der Waals surface area contributed by atoms with Crippen LogP contribution in [0.25, 0.3) is 5.65 Å². The summed E-state index contributed by atoms with van der Waals surface area (Å²) in [5, 5.41) is 8.89. The fourth-order valence-corrected chi connectivity index (χ4v) is 2.06. The first kappa shape index (κ1) is 15.7. The fourth-order valence-electron chi connectivity index (χ4n) is 2.06. The lowest BCUT2D eigenvalue weighted by Gasteiger charge is -2.07. The van der Waals surface area contributed by atoms with Crippen molar-refractivity contribution in [2.45, 2.75) is 6.54 Å². The maximum absolute atomic E-state index is 13.6. The molecule has 0 spiro atoms. The highest BCUT2D eigenvalue weighted by atomic mass is 19.1. The van der Waals surface area contributed by atoms with E-state index in [4.69, 9.17) is 4.74 Å². The van der Waals surface area contributed by atoms with Crippen LogP contribution < -0.4 is 15.4 Å². The molecular formula is C15H13F2N5O2. The van der Waals surface area contributed by atoms with E-state index in [1.54, 1.807) is 6.07 Å². The lowest BCUT2D eigenvalue weighted by Crippen LogP contribution is -2.28. The van der Waals surface area contributed by atoms with Gasteiger partial charge in [-0.3, -0.25) is 5.32 Å². The van der Waals surface area contributed by atoms with Crippen LogP contribution in [0.3, 0.4) is 0 Å². The number of rotatable bonds is 4. The first-order valence-electron chi connectivity index (χ1n) is 6.94. The maximum atomic E-state index is 13.6. The van der Waals surface area contributed by atoms with Crippen LogP contribution in [-0.2, 0) is 6.54 Å². The number of benzene rings is 1. The lowest BCUT2D eigenvalue weighted by atomic mass is 10.2. The van der Waals surface area contributed by atoms with E-state index in [2.05, 4.69) is 20.7 Å². The van der Waals surface area contributed by atoms with Gasteiger partial charge in [0, 0.05) is 6.54 Å². The van der Waals surface area contributed by atoms with Crippen molar-refractivity contribution >= 4 is 17.6 Å². The minimum Gasteiger partial charge on any atom is -0.494 e. The standard InChI is InChI=1S/C15H13F2N5O2/c1-24-12-4-2-9(6-11(12)17)7-18-15(23)20-14-19-13-5-3-10(16)8-22(13)21-14/h2-6,8H,7H2,1H3,(H2,18,20,21,23). The molecule has 7 nitrogen and oxygen atoms in total. The summed E-state index contributed by atoms with van der Waals surface area (Å²) < 4.78 is 32.7. The number of halogens is 2. The van der Waals surface area contributed by atoms with Gasteiger partial charge in [-0.25, -0.2) is 18.1 Å². The van der Waals surface area contributed by atoms with Gasteiger partial charge in [0.1, 0.15) is 5.82 Å². The summed E-state index contributed by atoms with van der Waals surface area (Å²) in [5.41, 5.74) is 0.956. The van der Waals surface area contributed by atoms with Crippen LogP contribution in [0.2, 0.25) is 0 Å². The Morgan fingerprint density at radius 1 is 1.29 bits per heavy atom. The molecule has 0 atom stereocenters. The second-order valence-corrected chi connectivity index (χ2v) is 4.86. The lowest BCUT2D eigenvalue weighted by molar-refractivity contribution is 0.251. The van der Waals surface area contributed by atoms with Gasteiger partial charge < -0.3 is 10.1 Å². The Kier molecular flexibility index (Phi) is 4.23. The van der Waals surface area contributed by atoms with E-state index in [0.717, 1.165) is 6.20 Å². The highest BCUT2D eigenvalue weighted by molar-refractivity contribution is 5.87. The molecule has 0 aliphatic heterocycles. The van der Waals surface area contributed by atoms with Crippen molar-refractivity contribution in [1.82, 2.24) is 19.9 Å². The Balaban J connectivity index is 1.61. The summed E-state index contributed by atoms with van der Waals surface area (Å²) in [4.78, 5) is 15.9. The van der Waals surface area contributed by atoms with Crippen molar-refractivity contribution in [3.63, 3.8) is 0 Å². The molecule has 2 amide bonds. The van der Waals surface area contributed by atoms with E-state index >= 15 is 0 Å². The highest BCUT2D eigenvalue weighted by Gasteiger charge is 2.09. The number of methoxy groups -OCH3 is 1. The number of pyridine rings is 1. The van der Waals surface area contributed by atoms with Crippen LogP contribution in [0.15, 0.2) is 36.5 Å². The molecule has 0 bridgehead atoms. The second kappa shape index (κ2) is 6.49. The molecule has 0 aliphatic rings. The SMILES string of the molecule is COc1ccc(CNC(=O)Nc2nc3ccc(F)cn3n2)cc1F. The van der Waals surface area contributed by atoms with Crippen LogP contribution >= 0.6 is 0 Å². The summed E-state index contributed by atoms with van der Waals surface area (Å²) in [6.45, 7) is 0.106. The molecule has 124 valence electrons. The van der Waals surface area contributed by atoms with E-state index < -0.39 is 17.7 Å².